The Morgan fingerprint density at radius 3 is 2.76 bits per heavy atom. The van der Waals surface area contributed by atoms with Crippen LogP contribution in [0.15, 0.2) is 21.7 Å². The van der Waals surface area contributed by atoms with Gasteiger partial charge in [-0.2, -0.15) is 5.10 Å². The lowest BCUT2D eigenvalue weighted by molar-refractivity contribution is -0.129. The first kappa shape index (κ1) is 13.4. The number of rotatable bonds is 4. The molecule has 17 heavy (non-hydrogen) atoms. The largest absolute Gasteiger partial charge is 0.495 e. The van der Waals surface area contributed by atoms with Gasteiger partial charge in [-0.25, -0.2) is 9.18 Å². The van der Waals surface area contributed by atoms with Gasteiger partial charge in [0.25, 0.3) is 0 Å². The molecule has 0 aromatic heterocycles. The van der Waals surface area contributed by atoms with Gasteiger partial charge in [0.1, 0.15) is 17.3 Å². The van der Waals surface area contributed by atoms with E-state index in [9.17, 15) is 9.18 Å². The molecule has 0 atom stereocenters. The summed E-state index contributed by atoms with van der Waals surface area (Å²) in [5.74, 6) is -1.33. The van der Waals surface area contributed by atoms with Gasteiger partial charge in [0, 0.05) is 6.07 Å². The third-order valence-electron chi connectivity index (χ3n) is 1.90. The topological polar surface area (TPSA) is 70.9 Å². The summed E-state index contributed by atoms with van der Waals surface area (Å²) in [5, 5.41) is 12.1. The number of halogens is 2. The number of aliphatic carboxylic acids is 1. The highest BCUT2D eigenvalue weighted by atomic mass is 79.9. The molecular weight excluding hydrogens is 295 g/mol. The van der Waals surface area contributed by atoms with E-state index >= 15 is 0 Å². The van der Waals surface area contributed by atoms with Crippen LogP contribution in [-0.4, -0.2) is 23.9 Å². The smallest absolute Gasteiger partial charge is 0.351 e. The SMILES string of the molecule is COc1cc(N/N=C(\C)C(=O)O)c(F)cc1Br. The normalized spacial score (nSPS) is 11.2. The van der Waals surface area contributed by atoms with Gasteiger partial charge in [-0.05, 0) is 28.9 Å². The minimum atomic E-state index is -1.18. The van der Waals surface area contributed by atoms with Crippen molar-refractivity contribution in [3.63, 3.8) is 0 Å². The molecule has 0 aliphatic carbocycles. The molecule has 0 heterocycles. The van der Waals surface area contributed by atoms with E-state index in [-0.39, 0.29) is 11.4 Å². The summed E-state index contributed by atoms with van der Waals surface area (Å²) in [5.41, 5.74) is 2.19. The van der Waals surface area contributed by atoms with Crippen molar-refractivity contribution < 1.29 is 19.0 Å². The van der Waals surface area contributed by atoms with Crippen molar-refractivity contribution >= 4 is 33.3 Å². The van der Waals surface area contributed by atoms with Gasteiger partial charge in [0.15, 0.2) is 0 Å². The molecule has 1 rings (SSSR count). The number of carboxylic acid groups (broad SMARTS) is 1. The van der Waals surface area contributed by atoms with Gasteiger partial charge in [0.2, 0.25) is 0 Å². The first-order valence-electron chi connectivity index (χ1n) is 4.52. The standard InChI is InChI=1S/C10H10BrFN2O3/c1-5(10(15)16)13-14-8-4-9(17-2)6(11)3-7(8)12/h3-4,14H,1-2H3,(H,15,16)/b13-5+. The maximum atomic E-state index is 13.5. The van der Waals surface area contributed by atoms with Crippen LogP contribution in [0.2, 0.25) is 0 Å². The van der Waals surface area contributed by atoms with Crippen LogP contribution in [0.3, 0.4) is 0 Å². The molecule has 0 bridgehead atoms. The zero-order chi connectivity index (χ0) is 13.0. The molecular formula is C10H10BrFN2O3. The number of carbonyl (C=O) groups is 1. The highest BCUT2D eigenvalue weighted by Gasteiger charge is 2.09. The average molecular weight is 305 g/mol. The van der Waals surface area contributed by atoms with Gasteiger partial charge in [-0.15, -0.1) is 0 Å². The second-order valence-corrected chi connectivity index (χ2v) is 3.94. The molecule has 1 aromatic carbocycles. The van der Waals surface area contributed by atoms with Gasteiger partial charge in [0.05, 0.1) is 17.3 Å². The average Bonchev–Trinajstić information content (AvgIpc) is 2.27. The Morgan fingerprint density at radius 1 is 1.59 bits per heavy atom. The Labute approximate surface area is 105 Å². The highest BCUT2D eigenvalue weighted by Crippen LogP contribution is 2.30. The van der Waals surface area contributed by atoms with E-state index in [1.165, 1.54) is 26.2 Å². The predicted octanol–water partition coefficient (Wildman–Crippen LogP) is 2.47. The fraction of sp³-hybridized carbons (Fsp3) is 0.200. The van der Waals surface area contributed by atoms with Crippen LogP contribution in [0.4, 0.5) is 10.1 Å². The first-order chi connectivity index (χ1) is 7.95. The quantitative estimate of drug-likeness (QED) is 0.662. The third-order valence-corrected chi connectivity index (χ3v) is 2.51. The molecule has 92 valence electrons. The van der Waals surface area contributed by atoms with Crippen molar-refractivity contribution in [1.29, 1.82) is 0 Å². The molecule has 7 heteroatoms. The van der Waals surface area contributed by atoms with E-state index in [4.69, 9.17) is 9.84 Å². The molecule has 2 N–H and O–H groups in total. The second kappa shape index (κ2) is 5.62. The molecule has 0 spiro atoms. The van der Waals surface area contributed by atoms with Gasteiger partial charge < -0.3 is 9.84 Å². The van der Waals surface area contributed by atoms with Crippen molar-refractivity contribution in [2.24, 2.45) is 5.10 Å². The monoisotopic (exact) mass is 304 g/mol. The van der Waals surface area contributed by atoms with E-state index in [0.29, 0.717) is 10.2 Å². The summed E-state index contributed by atoms with van der Waals surface area (Å²) in [6.07, 6.45) is 0. The van der Waals surface area contributed by atoms with Crippen molar-refractivity contribution in [3.05, 3.63) is 22.4 Å². The van der Waals surface area contributed by atoms with E-state index in [1.54, 1.807) is 0 Å². The van der Waals surface area contributed by atoms with Crippen molar-refractivity contribution in [1.82, 2.24) is 0 Å². The van der Waals surface area contributed by atoms with Gasteiger partial charge in [-0.3, -0.25) is 5.43 Å². The van der Waals surface area contributed by atoms with Crippen LogP contribution in [0.5, 0.6) is 5.75 Å². The van der Waals surface area contributed by atoms with Crippen LogP contribution in [0, 0.1) is 5.82 Å². The Morgan fingerprint density at radius 2 is 2.24 bits per heavy atom. The van der Waals surface area contributed by atoms with Gasteiger partial charge >= 0.3 is 5.97 Å². The lowest BCUT2D eigenvalue weighted by atomic mass is 10.3. The molecule has 0 fully saturated rings. The summed E-state index contributed by atoms with van der Waals surface area (Å²) >= 11 is 3.12. The number of carboxylic acids is 1. The number of methoxy groups -OCH3 is 1. The van der Waals surface area contributed by atoms with Gasteiger partial charge in [-0.1, -0.05) is 0 Å². The zero-order valence-corrected chi connectivity index (χ0v) is 10.7. The summed E-state index contributed by atoms with van der Waals surface area (Å²) in [6.45, 7) is 1.29. The van der Waals surface area contributed by atoms with E-state index < -0.39 is 11.8 Å². The lowest BCUT2D eigenvalue weighted by Gasteiger charge is -2.07. The predicted molar refractivity (Wildman–Crippen MR) is 65.0 cm³/mol. The maximum Gasteiger partial charge on any atom is 0.351 e. The molecule has 0 saturated heterocycles. The molecule has 0 aliphatic rings. The highest BCUT2D eigenvalue weighted by molar-refractivity contribution is 9.10. The summed E-state index contributed by atoms with van der Waals surface area (Å²) < 4.78 is 18.9. The van der Waals surface area contributed by atoms with Crippen molar-refractivity contribution in [2.75, 3.05) is 12.5 Å². The summed E-state index contributed by atoms with van der Waals surface area (Å²) in [7, 11) is 1.44. The molecule has 1 aromatic rings. The summed E-state index contributed by atoms with van der Waals surface area (Å²) in [6, 6.07) is 2.57. The Balaban J connectivity index is 2.99. The van der Waals surface area contributed by atoms with Crippen LogP contribution in [-0.2, 0) is 4.79 Å². The van der Waals surface area contributed by atoms with Crippen LogP contribution >= 0.6 is 15.9 Å². The van der Waals surface area contributed by atoms with Crippen LogP contribution in [0.25, 0.3) is 0 Å². The zero-order valence-electron chi connectivity index (χ0n) is 9.12. The van der Waals surface area contributed by atoms with E-state index in [2.05, 4.69) is 26.5 Å². The Kier molecular flexibility index (Phi) is 4.45. The number of anilines is 1. The molecule has 5 nitrogen and oxygen atoms in total. The van der Waals surface area contributed by atoms with Crippen molar-refractivity contribution in [2.45, 2.75) is 6.92 Å². The molecule has 0 saturated carbocycles. The molecule has 0 aliphatic heterocycles. The number of nitrogens with zero attached hydrogens (tertiary/aromatic N) is 1. The second-order valence-electron chi connectivity index (χ2n) is 3.08. The fourth-order valence-electron chi connectivity index (χ4n) is 0.963. The number of benzene rings is 1. The summed E-state index contributed by atoms with van der Waals surface area (Å²) in [4.78, 5) is 10.5. The van der Waals surface area contributed by atoms with Crippen LogP contribution in [0.1, 0.15) is 6.92 Å². The number of nitrogens with one attached hydrogen (secondary N) is 1. The lowest BCUT2D eigenvalue weighted by Crippen LogP contribution is -2.10. The Hall–Kier alpha value is -1.63. The minimum Gasteiger partial charge on any atom is -0.495 e. The first-order valence-corrected chi connectivity index (χ1v) is 5.31. The third kappa shape index (κ3) is 3.42. The van der Waals surface area contributed by atoms with Crippen molar-refractivity contribution in [3.8, 4) is 5.75 Å². The maximum absolute atomic E-state index is 13.5. The molecule has 0 radical (unpaired) electrons. The molecule has 0 amide bonds. The minimum absolute atomic E-state index is 0.0330. The number of hydrogen-bond donors (Lipinski definition) is 2. The molecule has 0 unspecified atom stereocenters. The number of hydrazone groups is 1. The van der Waals surface area contributed by atoms with E-state index in [1.807, 2.05) is 0 Å². The number of ether oxygens (including phenoxy) is 1. The van der Waals surface area contributed by atoms with E-state index in [0.717, 1.165) is 0 Å². The fourth-order valence-corrected chi connectivity index (χ4v) is 1.44. The number of hydrogen-bond acceptors (Lipinski definition) is 4. The van der Waals surface area contributed by atoms with Crippen LogP contribution < -0.4 is 10.2 Å². The Bertz CT molecular complexity index is 477.